The fourth-order valence-electron chi connectivity index (χ4n) is 3.53. The molecule has 0 aliphatic carbocycles. The second kappa shape index (κ2) is 7.12. The number of benzene rings is 1. The van der Waals surface area contributed by atoms with Gasteiger partial charge in [-0.05, 0) is 49.9 Å². The van der Waals surface area contributed by atoms with Crippen LogP contribution in [0.15, 0.2) is 18.2 Å². The molecule has 0 saturated carbocycles. The van der Waals surface area contributed by atoms with E-state index in [4.69, 9.17) is 4.74 Å². The molecule has 1 aromatic rings. The molecule has 0 radical (unpaired) electrons. The molecule has 2 rings (SSSR count). The molecular formula is C18H29NO. The molecule has 0 saturated heterocycles. The van der Waals surface area contributed by atoms with Gasteiger partial charge in [0, 0.05) is 12.5 Å². The first kappa shape index (κ1) is 15.4. The van der Waals surface area contributed by atoms with Crippen molar-refractivity contribution in [2.75, 3.05) is 7.05 Å². The first-order valence-electron chi connectivity index (χ1n) is 8.16. The largest absolute Gasteiger partial charge is 0.490 e. The summed E-state index contributed by atoms with van der Waals surface area (Å²) in [6, 6.07) is 7.23. The van der Waals surface area contributed by atoms with Crippen LogP contribution in [0.5, 0.6) is 5.75 Å². The van der Waals surface area contributed by atoms with Crippen LogP contribution in [0.2, 0.25) is 0 Å². The highest BCUT2D eigenvalue weighted by molar-refractivity contribution is 5.41. The molecule has 2 unspecified atom stereocenters. The molecule has 112 valence electrons. The number of fused-ring (bicyclic) bond motifs is 1. The van der Waals surface area contributed by atoms with Crippen molar-refractivity contribution in [1.82, 2.24) is 5.32 Å². The first-order valence-corrected chi connectivity index (χ1v) is 8.16. The quantitative estimate of drug-likeness (QED) is 0.792. The molecule has 0 spiro atoms. The van der Waals surface area contributed by atoms with Crippen LogP contribution in [0.1, 0.15) is 63.6 Å². The zero-order valence-electron chi connectivity index (χ0n) is 13.4. The Morgan fingerprint density at radius 1 is 1.25 bits per heavy atom. The van der Waals surface area contributed by atoms with E-state index >= 15 is 0 Å². The van der Waals surface area contributed by atoms with Crippen molar-refractivity contribution < 1.29 is 4.74 Å². The Bertz CT molecular complexity index is 423. The van der Waals surface area contributed by atoms with E-state index in [1.807, 2.05) is 0 Å². The minimum absolute atomic E-state index is 0.329. The summed E-state index contributed by atoms with van der Waals surface area (Å²) < 4.78 is 5.81. The highest BCUT2D eigenvalue weighted by atomic mass is 16.5. The third-order valence-corrected chi connectivity index (χ3v) is 4.38. The lowest BCUT2D eigenvalue weighted by atomic mass is 9.85. The number of ether oxygens (including phenoxy) is 1. The summed E-state index contributed by atoms with van der Waals surface area (Å²) in [5.41, 5.74) is 2.80. The Morgan fingerprint density at radius 2 is 1.95 bits per heavy atom. The average Bonchev–Trinajstić information content (AvgIpc) is 2.79. The Kier molecular flexibility index (Phi) is 5.47. The van der Waals surface area contributed by atoms with Gasteiger partial charge in [0.05, 0.1) is 0 Å². The highest BCUT2D eigenvalue weighted by Crippen LogP contribution is 2.35. The lowest BCUT2D eigenvalue weighted by molar-refractivity contribution is 0.254. The molecule has 2 nitrogen and oxygen atoms in total. The molecule has 2 atom stereocenters. The Hall–Kier alpha value is -1.02. The number of hydrogen-bond donors (Lipinski definition) is 1. The minimum atomic E-state index is 0.329. The third-order valence-electron chi connectivity index (χ3n) is 4.38. The smallest absolute Gasteiger partial charge is 0.123 e. The fourth-order valence-corrected chi connectivity index (χ4v) is 3.53. The van der Waals surface area contributed by atoms with Crippen LogP contribution < -0.4 is 10.1 Å². The zero-order valence-corrected chi connectivity index (χ0v) is 13.4. The van der Waals surface area contributed by atoms with E-state index in [-0.39, 0.29) is 0 Å². The summed E-state index contributed by atoms with van der Waals surface area (Å²) in [6.45, 7) is 6.72. The third kappa shape index (κ3) is 3.35. The number of rotatable bonds is 7. The minimum Gasteiger partial charge on any atom is -0.490 e. The van der Waals surface area contributed by atoms with Gasteiger partial charge in [-0.1, -0.05) is 38.8 Å². The molecule has 0 bridgehead atoms. The second-order valence-electron chi connectivity index (χ2n) is 6.10. The summed E-state index contributed by atoms with van der Waals surface area (Å²) in [5.74, 6) is 1.81. The lowest BCUT2D eigenvalue weighted by Crippen LogP contribution is -2.25. The predicted molar refractivity (Wildman–Crippen MR) is 85.3 cm³/mol. The van der Waals surface area contributed by atoms with Crippen LogP contribution in [0.25, 0.3) is 0 Å². The van der Waals surface area contributed by atoms with E-state index in [1.54, 1.807) is 0 Å². The predicted octanol–water partition coefficient (Wildman–Crippen LogP) is 4.49. The summed E-state index contributed by atoms with van der Waals surface area (Å²) >= 11 is 0. The summed E-state index contributed by atoms with van der Waals surface area (Å²) in [5, 5.41) is 3.55. The average molecular weight is 275 g/mol. The van der Waals surface area contributed by atoms with Crippen LogP contribution in [0.3, 0.4) is 0 Å². The van der Waals surface area contributed by atoms with Crippen molar-refractivity contribution in [2.24, 2.45) is 5.92 Å². The maximum atomic E-state index is 5.81. The van der Waals surface area contributed by atoms with Crippen LogP contribution >= 0.6 is 0 Å². The van der Waals surface area contributed by atoms with Crippen LogP contribution in [-0.4, -0.2) is 13.2 Å². The molecule has 1 aliphatic rings. The van der Waals surface area contributed by atoms with E-state index < -0.39 is 0 Å². The van der Waals surface area contributed by atoms with Crippen molar-refractivity contribution in [3.8, 4) is 5.75 Å². The summed E-state index contributed by atoms with van der Waals surface area (Å²) in [4.78, 5) is 0. The highest BCUT2D eigenvalue weighted by Gasteiger charge is 2.24. The van der Waals surface area contributed by atoms with Gasteiger partial charge in [-0.15, -0.1) is 0 Å². The van der Waals surface area contributed by atoms with Crippen molar-refractivity contribution in [2.45, 2.75) is 65.0 Å². The van der Waals surface area contributed by atoms with Crippen molar-refractivity contribution in [3.05, 3.63) is 29.3 Å². The Labute approximate surface area is 123 Å². The SMILES string of the molecule is CCCC(CCC)C(NC)c1ccc2c(c1)CC(C)O2. The number of hydrogen-bond acceptors (Lipinski definition) is 2. The van der Waals surface area contributed by atoms with Gasteiger partial charge in [0.15, 0.2) is 0 Å². The molecule has 1 aromatic carbocycles. The standard InChI is InChI=1S/C18H29NO/c1-5-7-14(8-6-2)18(19-4)15-9-10-17-16(12-15)11-13(3)20-17/h9-10,12-14,18-19H,5-8,11H2,1-4H3. The van der Waals surface area contributed by atoms with Gasteiger partial charge in [-0.2, -0.15) is 0 Å². The van der Waals surface area contributed by atoms with Gasteiger partial charge in [-0.3, -0.25) is 0 Å². The van der Waals surface area contributed by atoms with Crippen molar-refractivity contribution in [1.29, 1.82) is 0 Å². The lowest BCUT2D eigenvalue weighted by Gasteiger charge is -2.27. The van der Waals surface area contributed by atoms with E-state index in [0.717, 1.165) is 18.1 Å². The van der Waals surface area contributed by atoms with Gasteiger partial charge >= 0.3 is 0 Å². The maximum Gasteiger partial charge on any atom is 0.123 e. The summed E-state index contributed by atoms with van der Waals surface area (Å²) in [6.07, 6.45) is 6.48. The van der Waals surface area contributed by atoms with Crippen LogP contribution in [0.4, 0.5) is 0 Å². The van der Waals surface area contributed by atoms with E-state index in [9.17, 15) is 0 Å². The molecule has 1 heterocycles. The summed E-state index contributed by atoms with van der Waals surface area (Å²) in [7, 11) is 2.09. The Morgan fingerprint density at radius 3 is 2.55 bits per heavy atom. The monoisotopic (exact) mass is 275 g/mol. The van der Waals surface area contributed by atoms with Crippen LogP contribution in [0, 0.1) is 5.92 Å². The first-order chi connectivity index (χ1) is 9.69. The van der Waals surface area contributed by atoms with Gasteiger partial charge < -0.3 is 10.1 Å². The molecule has 1 N–H and O–H groups in total. The zero-order chi connectivity index (χ0) is 14.5. The molecule has 0 fully saturated rings. The fraction of sp³-hybridized carbons (Fsp3) is 0.667. The molecular weight excluding hydrogens is 246 g/mol. The number of nitrogens with one attached hydrogen (secondary N) is 1. The van der Waals surface area contributed by atoms with Crippen LogP contribution in [-0.2, 0) is 6.42 Å². The van der Waals surface area contributed by atoms with Gasteiger partial charge in [0.1, 0.15) is 11.9 Å². The topological polar surface area (TPSA) is 21.3 Å². The van der Waals surface area contributed by atoms with Gasteiger partial charge in [0.25, 0.3) is 0 Å². The normalized spacial score (nSPS) is 18.9. The van der Waals surface area contributed by atoms with E-state index in [1.165, 1.54) is 36.8 Å². The molecule has 20 heavy (non-hydrogen) atoms. The van der Waals surface area contributed by atoms with E-state index in [0.29, 0.717) is 12.1 Å². The van der Waals surface area contributed by atoms with Crippen molar-refractivity contribution >= 4 is 0 Å². The molecule has 0 amide bonds. The second-order valence-corrected chi connectivity index (χ2v) is 6.10. The van der Waals surface area contributed by atoms with E-state index in [2.05, 4.69) is 51.3 Å². The van der Waals surface area contributed by atoms with Crippen molar-refractivity contribution in [3.63, 3.8) is 0 Å². The molecule has 2 heteroatoms. The molecule has 1 aliphatic heterocycles. The molecule has 0 aromatic heterocycles. The Balaban J connectivity index is 2.20. The van der Waals surface area contributed by atoms with Gasteiger partial charge in [-0.25, -0.2) is 0 Å². The van der Waals surface area contributed by atoms with Gasteiger partial charge in [0.2, 0.25) is 0 Å². The maximum absolute atomic E-state index is 5.81.